The normalized spacial score (nSPS) is 14.4. The molecule has 3 amide bonds. The number of amides is 3. The zero-order valence-corrected chi connectivity index (χ0v) is 21.5. The molecule has 0 saturated heterocycles. The van der Waals surface area contributed by atoms with Gasteiger partial charge < -0.3 is 16.0 Å². The van der Waals surface area contributed by atoms with E-state index in [1.165, 1.54) is 37.6 Å². The van der Waals surface area contributed by atoms with E-state index < -0.39 is 52.8 Å². The highest BCUT2D eigenvalue weighted by Gasteiger charge is 2.36. The van der Waals surface area contributed by atoms with Crippen LogP contribution in [0.25, 0.3) is 11.1 Å². The van der Waals surface area contributed by atoms with E-state index in [2.05, 4.69) is 21.0 Å². The maximum absolute atomic E-state index is 14.1. The van der Waals surface area contributed by atoms with Crippen molar-refractivity contribution in [2.75, 3.05) is 12.4 Å². The van der Waals surface area contributed by atoms with Gasteiger partial charge in [-0.05, 0) is 54.1 Å². The zero-order chi connectivity index (χ0) is 29.6. The molecule has 4 aromatic rings. The lowest BCUT2D eigenvalue weighted by Gasteiger charge is -2.19. The molecule has 3 aromatic carbocycles. The van der Waals surface area contributed by atoms with Crippen LogP contribution in [-0.2, 0) is 6.18 Å². The second-order valence-corrected chi connectivity index (χ2v) is 9.37. The summed E-state index contributed by atoms with van der Waals surface area (Å²) >= 11 is 6.29. The summed E-state index contributed by atoms with van der Waals surface area (Å²) in [7, 11) is 1.39. The van der Waals surface area contributed by atoms with Crippen LogP contribution in [0.3, 0.4) is 0 Å². The van der Waals surface area contributed by atoms with Crippen molar-refractivity contribution in [2.24, 2.45) is 0 Å². The topological polar surface area (TPSA) is 105 Å². The van der Waals surface area contributed by atoms with E-state index in [9.17, 15) is 36.3 Å². The third kappa shape index (κ3) is 5.35. The second kappa shape index (κ2) is 10.3. The van der Waals surface area contributed by atoms with Crippen molar-refractivity contribution in [3.05, 3.63) is 105 Å². The largest absolute Gasteiger partial charge is 0.416 e. The molecule has 0 aliphatic carbocycles. The molecule has 1 aliphatic heterocycles. The Morgan fingerprint density at radius 3 is 2.49 bits per heavy atom. The van der Waals surface area contributed by atoms with Gasteiger partial charge in [0.2, 0.25) is 0 Å². The molecule has 0 radical (unpaired) electrons. The Morgan fingerprint density at radius 2 is 1.78 bits per heavy atom. The number of carbonyl (C=O) groups is 3. The third-order valence-corrected chi connectivity index (χ3v) is 6.68. The molecule has 14 heteroatoms. The molecule has 5 rings (SSSR count). The number of benzene rings is 3. The van der Waals surface area contributed by atoms with Crippen molar-refractivity contribution in [3.8, 4) is 11.1 Å². The number of alkyl halides is 3. The molecular formula is C27H17ClF5N5O3. The fourth-order valence-corrected chi connectivity index (χ4v) is 4.68. The highest BCUT2D eigenvalue weighted by atomic mass is 35.5. The highest BCUT2D eigenvalue weighted by molar-refractivity contribution is 6.31. The van der Waals surface area contributed by atoms with Gasteiger partial charge in [-0.25, -0.2) is 13.6 Å². The molecule has 0 fully saturated rings. The zero-order valence-electron chi connectivity index (χ0n) is 20.7. The number of hydrogen-bond acceptors (Lipinski definition) is 4. The minimum absolute atomic E-state index is 0.0334. The summed E-state index contributed by atoms with van der Waals surface area (Å²) in [6.07, 6.45) is -2.25. The number of rotatable bonds is 4. The van der Waals surface area contributed by atoms with Crippen LogP contribution in [0.5, 0.6) is 0 Å². The maximum atomic E-state index is 14.1. The summed E-state index contributed by atoms with van der Waals surface area (Å²) in [5.74, 6) is -3.67. The van der Waals surface area contributed by atoms with Crippen molar-refractivity contribution >= 4 is 35.1 Å². The first-order valence-electron chi connectivity index (χ1n) is 11.8. The van der Waals surface area contributed by atoms with Gasteiger partial charge in [0.25, 0.3) is 11.8 Å². The summed E-state index contributed by atoms with van der Waals surface area (Å²) < 4.78 is 69.0. The standard InChI is InChI=1S/C27H17ClF5N5O3/c1-34-26(41)38-11-14(10-35-38)12-6-19-22(23(37-25(19)40)18-9-16(29)2-3-20(18)28)21(7-12)36-24(39)13-4-15(27(31,32)33)8-17(30)5-13/h2-11,23H,1H3,(H,34,41)(H,36,39)(H,37,40). The van der Waals surface area contributed by atoms with Gasteiger partial charge in [-0.15, -0.1) is 0 Å². The monoisotopic (exact) mass is 589 g/mol. The molecule has 0 spiro atoms. The predicted molar refractivity (Wildman–Crippen MR) is 138 cm³/mol. The molecule has 41 heavy (non-hydrogen) atoms. The van der Waals surface area contributed by atoms with Gasteiger partial charge in [0, 0.05) is 51.8 Å². The molecule has 0 saturated carbocycles. The third-order valence-electron chi connectivity index (χ3n) is 6.33. The Morgan fingerprint density at radius 1 is 1.02 bits per heavy atom. The number of nitrogens with zero attached hydrogens (tertiary/aromatic N) is 2. The molecule has 3 N–H and O–H groups in total. The smallest absolute Gasteiger partial charge is 0.341 e. The Balaban J connectivity index is 1.66. The van der Waals surface area contributed by atoms with E-state index in [1.54, 1.807) is 0 Å². The Kier molecular flexibility index (Phi) is 6.99. The van der Waals surface area contributed by atoms with E-state index in [-0.39, 0.29) is 33.5 Å². The first kappa shape index (κ1) is 27.8. The number of hydrogen-bond donors (Lipinski definition) is 3. The van der Waals surface area contributed by atoms with E-state index in [0.717, 1.165) is 16.8 Å². The average molecular weight is 590 g/mol. The van der Waals surface area contributed by atoms with E-state index in [0.29, 0.717) is 23.3 Å². The molecule has 210 valence electrons. The second-order valence-electron chi connectivity index (χ2n) is 8.97. The van der Waals surface area contributed by atoms with Crippen LogP contribution in [0, 0.1) is 11.6 Å². The van der Waals surface area contributed by atoms with Gasteiger partial charge in [-0.1, -0.05) is 11.6 Å². The average Bonchev–Trinajstić information content (AvgIpc) is 3.54. The number of nitrogens with one attached hydrogen (secondary N) is 3. The number of halogens is 6. The van der Waals surface area contributed by atoms with Crippen LogP contribution in [0.4, 0.5) is 32.4 Å². The van der Waals surface area contributed by atoms with E-state index in [1.807, 2.05) is 0 Å². The summed E-state index contributed by atoms with van der Waals surface area (Å²) in [4.78, 5) is 38.2. The molecule has 2 heterocycles. The van der Waals surface area contributed by atoms with E-state index >= 15 is 0 Å². The number of aromatic nitrogens is 2. The van der Waals surface area contributed by atoms with Crippen molar-refractivity contribution in [3.63, 3.8) is 0 Å². The van der Waals surface area contributed by atoms with Crippen LogP contribution in [0.2, 0.25) is 5.02 Å². The van der Waals surface area contributed by atoms with Gasteiger partial charge in [0.15, 0.2) is 0 Å². The predicted octanol–water partition coefficient (Wildman–Crippen LogP) is 5.77. The van der Waals surface area contributed by atoms with Crippen molar-refractivity contribution in [1.29, 1.82) is 0 Å². The lowest BCUT2D eigenvalue weighted by molar-refractivity contribution is -0.137. The first-order chi connectivity index (χ1) is 19.3. The summed E-state index contributed by atoms with van der Waals surface area (Å²) in [5.41, 5.74) is -1.10. The number of fused-ring (bicyclic) bond motifs is 1. The Hall–Kier alpha value is -4.78. The quantitative estimate of drug-likeness (QED) is 0.263. The highest BCUT2D eigenvalue weighted by Crippen LogP contribution is 2.42. The Bertz CT molecular complexity index is 1740. The fourth-order valence-electron chi connectivity index (χ4n) is 4.45. The summed E-state index contributed by atoms with van der Waals surface area (Å²) in [6.45, 7) is 0. The van der Waals surface area contributed by atoms with Gasteiger partial charge in [0.05, 0.1) is 17.8 Å². The van der Waals surface area contributed by atoms with Gasteiger partial charge in [-0.3, -0.25) is 9.59 Å². The van der Waals surface area contributed by atoms with Crippen LogP contribution in [0.1, 0.15) is 43.4 Å². The van der Waals surface area contributed by atoms with Gasteiger partial charge in [-0.2, -0.15) is 23.0 Å². The minimum atomic E-state index is -4.92. The molecule has 0 bridgehead atoms. The van der Waals surface area contributed by atoms with Crippen molar-refractivity contribution < 1.29 is 36.3 Å². The molecule has 1 aliphatic rings. The van der Waals surface area contributed by atoms with Crippen molar-refractivity contribution in [1.82, 2.24) is 20.4 Å². The van der Waals surface area contributed by atoms with Crippen LogP contribution in [0.15, 0.2) is 60.9 Å². The van der Waals surface area contributed by atoms with Crippen LogP contribution >= 0.6 is 11.6 Å². The van der Waals surface area contributed by atoms with Gasteiger partial charge >= 0.3 is 12.2 Å². The van der Waals surface area contributed by atoms with Crippen LogP contribution in [-0.4, -0.2) is 34.7 Å². The van der Waals surface area contributed by atoms with Gasteiger partial charge in [0.1, 0.15) is 11.6 Å². The molecule has 1 unspecified atom stereocenters. The maximum Gasteiger partial charge on any atom is 0.416 e. The lowest BCUT2D eigenvalue weighted by Crippen LogP contribution is -2.24. The van der Waals surface area contributed by atoms with Crippen molar-refractivity contribution in [2.45, 2.75) is 12.2 Å². The minimum Gasteiger partial charge on any atom is -0.341 e. The molecule has 8 nitrogen and oxygen atoms in total. The molecular weight excluding hydrogens is 573 g/mol. The summed E-state index contributed by atoms with van der Waals surface area (Å²) in [6, 6.07) is 6.08. The fraction of sp³-hybridized carbons (Fsp3) is 0.111. The summed E-state index contributed by atoms with van der Waals surface area (Å²) in [5, 5.41) is 11.6. The Labute approximate surface area is 233 Å². The lowest BCUT2D eigenvalue weighted by atomic mass is 9.93. The van der Waals surface area contributed by atoms with Crippen LogP contribution < -0.4 is 16.0 Å². The SMILES string of the molecule is CNC(=O)n1cc(-c2cc(NC(=O)c3cc(F)cc(C(F)(F)F)c3)c3c(c2)C(=O)NC3c2cc(F)ccc2Cl)cn1. The first-order valence-corrected chi connectivity index (χ1v) is 12.1. The van der Waals surface area contributed by atoms with E-state index in [4.69, 9.17) is 11.6 Å². The molecule has 1 atom stereocenters. The molecule has 1 aromatic heterocycles. The number of carbonyl (C=O) groups excluding carboxylic acids is 3. The number of anilines is 1.